The van der Waals surface area contributed by atoms with Gasteiger partial charge >= 0.3 is 5.97 Å². The molecule has 84 valence electrons. The summed E-state index contributed by atoms with van der Waals surface area (Å²) < 4.78 is 27.7. The first kappa shape index (κ1) is 13.4. The summed E-state index contributed by atoms with van der Waals surface area (Å²) in [6.45, 7) is 7.10. The first-order valence-corrected chi connectivity index (χ1v) is 6.40. The Bertz CT molecular complexity index is 279. The number of rotatable bonds is 5. The van der Waals surface area contributed by atoms with E-state index in [1.807, 2.05) is 13.8 Å². The van der Waals surface area contributed by atoms with Crippen LogP contribution in [-0.4, -0.2) is 32.0 Å². The molecule has 0 aliphatic carbocycles. The van der Waals surface area contributed by atoms with E-state index in [2.05, 4.69) is 4.74 Å². The molecular weight excluding hydrogens is 204 g/mol. The van der Waals surface area contributed by atoms with Crippen LogP contribution in [0.2, 0.25) is 0 Å². The minimum Gasteiger partial charge on any atom is -0.465 e. The van der Waals surface area contributed by atoms with Gasteiger partial charge in [-0.25, -0.2) is 8.42 Å². The molecule has 1 unspecified atom stereocenters. The number of hydrogen-bond acceptors (Lipinski definition) is 4. The molecule has 0 aromatic heterocycles. The molecule has 0 radical (unpaired) electrons. The molecule has 0 saturated carbocycles. The lowest BCUT2D eigenvalue weighted by molar-refractivity contribution is -0.139. The summed E-state index contributed by atoms with van der Waals surface area (Å²) in [6, 6.07) is 0. The Hall–Kier alpha value is -0.580. The van der Waals surface area contributed by atoms with Crippen LogP contribution in [0.1, 0.15) is 27.7 Å². The van der Waals surface area contributed by atoms with Crippen molar-refractivity contribution in [2.45, 2.75) is 32.9 Å². The number of hydrogen-bond donors (Lipinski definition) is 0. The zero-order chi connectivity index (χ0) is 11.4. The van der Waals surface area contributed by atoms with Gasteiger partial charge in [0.25, 0.3) is 0 Å². The van der Waals surface area contributed by atoms with Crippen molar-refractivity contribution >= 4 is 15.8 Å². The van der Waals surface area contributed by atoms with E-state index < -0.39 is 26.8 Å². The highest BCUT2D eigenvalue weighted by molar-refractivity contribution is 7.92. The lowest BCUT2D eigenvalue weighted by Crippen LogP contribution is -2.30. The Morgan fingerprint density at radius 1 is 1.29 bits per heavy atom. The van der Waals surface area contributed by atoms with E-state index in [9.17, 15) is 13.2 Å². The molecule has 5 heteroatoms. The molecule has 0 fully saturated rings. The quantitative estimate of drug-likeness (QED) is 0.651. The van der Waals surface area contributed by atoms with Crippen molar-refractivity contribution in [3.8, 4) is 0 Å². The summed E-state index contributed by atoms with van der Waals surface area (Å²) >= 11 is 0. The third kappa shape index (κ3) is 4.09. The Morgan fingerprint density at radius 2 is 1.79 bits per heavy atom. The van der Waals surface area contributed by atoms with Crippen LogP contribution in [-0.2, 0) is 19.4 Å². The Balaban J connectivity index is 4.42. The van der Waals surface area contributed by atoms with Crippen LogP contribution < -0.4 is 0 Å². The minimum absolute atomic E-state index is 0.00873. The molecule has 0 aliphatic heterocycles. The summed E-state index contributed by atoms with van der Waals surface area (Å²) in [6.07, 6.45) is 0. The predicted octanol–water partition coefficient (Wildman–Crippen LogP) is 1.01. The third-order valence-electron chi connectivity index (χ3n) is 2.13. The Kier molecular flexibility index (Phi) is 5.12. The van der Waals surface area contributed by atoms with Crippen LogP contribution in [0.25, 0.3) is 0 Å². The summed E-state index contributed by atoms with van der Waals surface area (Å²) in [4.78, 5) is 11.0. The lowest BCUT2D eigenvalue weighted by atomic mass is 10.2. The maximum absolute atomic E-state index is 11.6. The van der Waals surface area contributed by atoms with Crippen molar-refractivity contribution in [3.05, 3.63) is 0 Å². The van der Waals surface area contributed by atoms with Gasteiger partial charge in [0.2, 0.25) is 0 Å². The van der Waals surface area contributed by atoms with E-state index in [4.69, 9.17) is 0 Å². The molecule has 1 atom stereocenters. The number of carbonyl (C=O) groups excluding carboxylic acids is 1. The van der Waals surface area contributed by atoms with Gasteiger partial charge in [0.05, 0.1) is 11.9 Å². The van der Waals surface area contributed by atoms with Gasteiger partial charge in [0, 0.05) is 0 Å². The van der Waals surface area contributed by atoms with Gasteiger partial charge < -0.3 is 4.74 Å². The molecule has 0 aromatic carbocycles. The predicted molar refractivity (Wildman–Crippen MR) is 54.7 cm³/mol. The first-order chi connectivity index (χ1) is 6.31. The zero-order valence-corrected chi connectivity index (χ0v) is 9.93. The topological polar surface area (TPSA) is 60.4 Å². The van der Waals surface area contributed by atoms with Gasteiger partial charge in [-0.1, -0.05) is 13.8 Å². The van der Waals surface area contributed by atoms with Crippen molar-refractivity contribution in [3.63, 3.8) is 0 Å². The van der Waals surface area contributed by atoms with Crippen molar-refractivity contribution < 1.29 is 17.9 Å². The smallest absolute Gasteiger partial charge is 0.321 e. The summed E-state index contributed by atoms with van der Waals surface area (Å²) in [5.74, 6) is -1.17. The van der Waals surface area contributed by atoms with Crippen LogP contribution in [0.4, 0.5) is 0 Å². The van der Waals surface area contributed by atoms with Gasteiger partial charge in [-0.3, -0.25) is 4.79 Å². The van der Waals surface area contributed by atoms with E-state index in [-0.39, 0.29) is 12.5 Å². The van der Waals surface area contributed by atoms with Gasteiger partial charge in [-0.2, -0.15) is 0 Å². The van der Waals surface area contributed by atoms with E-state index in [1.54, 1.807) is 13.8 Å². The number of ether oxygens (including phenoxy) is 1. The van der Waals surface area contributed by atoms with Crippen molar-refractivity contribution in [2.24, 2.45) is 5.92 Å². The zero-order valence-electron chi connectivity index (χ0n) is 9.11. The van der Waals surface area contributed by atoms with Crippen molar-refractivity contribution in [2.75, 3.05) is 12.4 Å². The number of sulfone groups is 1. The highest BCUT2D eigenvalue weighted by Gasteiger charge is 2.27. The number of esters is 1. The molecule has 0 saturated heterocycles. The molecule has 0 bridgehead atoms. The molecule has 0 spiro atoms. The summed E-state index contributed by atoms with van der Waals surface area (Å²) in [7, 11) is -3.36. The van der Waals surface area contributed by atoms with Gasteiger partial charge in [-0.15, -0.1) is 0 Å². The molecule has 0 heterocycles. The molecular formula is C9H18O4S. The van der Waals surface area contributed by atoms with Crippen LogP contribution in [0.5, 0.6) is 0 Å². The molecule has 0 rings (SSSR count). The molecule has 14 heavy (non-hydrogen) atoms. The fourth-order valence-corrected chi connectivity index (χ4v) is 2.42. The van der Waals surface area contributed by atoms with Crippen molar-refractivity contribution in [1.82, 2.24) is 0 Å². The van der Waals surface area contributed by atoms with Crippen LogP contribution in [0, 0.1) is 5.92 Å². The van der Waals surface area contributed by atoms with E-state index >= 15 is 0 Å². The maximum atomic E-state index is 11.6. The third-order valence-corrected chi connectivity index (χ3v) is 4.44. The second-order valence-corrected chi connectivity index (χ2v) is 5.92. The molecule has 0 amide bonds. The lowest BCUT2D eigenvalue weighted by Gasteiger charge is -2.15. The summed E-state index contributed by atoms with van der Waals surface area (Å²) in [5, 5.41) is -0.507. The molecule has 0 N–H and O–H groups in total. The van der Waals surface area contributed by atoms with Gasteiger partial charge in [-0.05, 0) is 19.8 Å². The van der Waals surface area contributed by atoms with Crippen LogP contribution in [0.15, 0.2) is 0 Å². The highest BCUT2D eigenvalue weighted by Crippen LogP contribution is 2.12. The van der Waals surface area contributed by atoms with Crippen LogP contribution in [0.3, 0.4) is 0 Å². The second kappa shape index (κ2) is 5.34. The van der Waals surface area contributed by atoms with Gasteiger partial charge in [0.15, 0.2) is 9.84 Å². The van der Waals surface area contributed by atoms with Crippen molar-refractivity contribution in [1.29, 1.82) is 0 Å². The standard InChI is InChI=1S/C9H18O4S/c1-5-13-9(10)6-14(11,12)8(4)7(2)3/h7-8H,5-6H2,1-4H3. The average Bonchev–Trinajstić information content (AvgIpc) is 2.02. The first-order valence-electron chi connectivity index (χ1n) is 4.68. The highest BCUT2D eigenvalue weighted by atomic mass is 32.2. The van der Waals surface area contributed by atoms with Crippen LogP contribution >= 0.6 is 0 Å². The van der Waals surface area contributed by atoms with E-state index in [1.165, 1.54) is 0 Å². The van der Waals surface area contributed by atoms with E-state index in [0.29, 0.717) is 0 Å². The van der Waals surface area contributed by atoms with E-state index in [0.717, 1.165) is 0 Å². The Morgan fingerprint density at radius 3 is 2.14 bits per heavy atom. The number of carbonyl (C=O) groups is 1. The Labute approximate surface area is 85.6 Å². The molecule has 0 aliphatic rings. The normalized spacial score (nSPS) is 14.1. The largest absolute Gasteiger partial charge is 0.465 e. The van der Waals surface area contributed by atoms with Gasteiger partial charge in [0.1, 0.15) is 5.75 Å². The fraction of sp³-hybridized carbons (Fsp3) is 0.889. The second-order valence-electron chi connectivity index (χ2n) is 3.56. The SMILES string of the molecule is CCOC(=O)CS(=O)(=O)C(C)C(C)C. The monoisotopic (exact) mass is 222 g/mol. The fourth-order valence-electron chi connectivity index (χ4n) is 0.913. The summed E-state index contributed by atoms with van der Waals surface area (Å²) in [5.41, 5.74) is 0. The minimum atomic E-state index is -3.36. The molecule has 0 aromatic rings. The maximum Gasteiger partial charge on any atom is 0.321 e. The molecule has 4 nitrogen and oxygen atoms in total. The average molecular weight is 222 g/mol.